The molecule has 0 radical (unpaired) electrons. The van der Waals surface area contributed by atoms with Crippen LogP contribution in [0.2, 0.25) is 0 Å². The number of hydrogen-bond donors (Lipinski definition) is 3. The summed E-state index contributed by atoms with van der Waals surface area (Å²) >= 11 is 0. The number of fused-ring (bicyclic) bond motifs is 2. The number of amides is 2. The van der Waals surface area contributed by atoms with Gasteiger partial charge in [0.15, 0.2) is 0 Å². The maximum atomic E-state index is 14.8. The summed E-state index contributed by atoms with van der Waals surface area (Å²) in [6.07, 6.45) is 8.52. The maximum absolute atomic E-state index is 14.8. The van der Waals surface area contributed by atoms with Crippen molar-refractivity contribution in [2.45, 2.75) is 52.5 Å². The largest absolute Gasteiger partial charge is 0.338 e. The minimum absolute atomic E-state index is 0.0222. The van der Waals surface area contributed by atoms with Crippen molar-refractivity contribution in [2.75, 3.05) is 11.9 Å². The Labute approximate surface area is 196 Å². The van der Waals surface area contributed by atoms with Crippen molar-refractivity contribution >= 4 is 33.8 Å². The first kappa shape index (κ1) is 23.4. The number of H-pyrrole nitrogens is 1. The van der Waals surface area contributed by atoms with Crippen LogP contribution in [-0.2, 0) is 6.54 Å². The van der Waals surface area contributed by atoms with E-state index in [1.54, 1.807) is 6.20 Å². The molecule has 0 aliphatic rings. The Hall–Kier alpha value is -3.75. The molecule has 0 saturated heterocycles. The van der Waals surface area contributed by atoms with Gasteiger partial charge in [-0.25, -0.2) is 19.2 Å². The number of carbonyl (C=O) groups excluding carboxylic acids is 1. The van der Waals surface area contributed by atoms with E-state index in [4.69, 9.17) is 0 Å². The number of rotatable bonds is 9. The minimum Gasteiger partial charge on any atom is -0.338 e. The number of benzene rings is 1. The van der Waals surface area contributed by atoms with Crippen LogP contribution in [0.5, 0.6) is 0 Å². The number of aromatic nitrogens is 4. The standard InChI is InChI=1S/C25H29FN6O2/c1-3-5-7-10-28-25(34)31-19-14-21-20(13-18(19)26)29-22(24(33)30-21)17-15-32(12-6-4-2)23-16(17)9-8-11-27-23/h8-9,11,13-15H,3-7,10,12H2,1-2H3,(H,30,33)(H2,28,31,34). The van der Waals surface area contributed by atoms with Crippen LogP contribution >= 0.6 is 0 Å². The molecule has 2 amide bonds. The number of halogens is 1. The number of urea groups is 1. The van der Waals surface area contributed by atoms with Crippen molar-refractivity contribution < 1.29 is 9.18 Å². The van der Waals surface area contributed by atoms with E-state index in [1.165, 1.54) is 12.1 Å². The van der Waals surface area contributed by atoms with Crippen molar-refractivity contribution in [1.82, 2.24) is 24.8 Å². The number of carbonyl (C=O) groups is 1. The van der Waals surface area contributed by atoms with Gasteiger partial charge in [0, 0.05) is 42.5 Å². The van der Waals surface area contributed by atoms with Crippen molar-refractivity contribution in [1.29, 1.82) is 0 Å². The summed E-state index contributed by atoms with van der Waals surface area (Å²) in [4.78, 5) is 36.8. The van der Waals surface area contributed by atoms with Gasteiger partial charge in [-0.1, -0.05) is 33.1 Å². The second-order valence-electron chi connectivity index (χ2n) is 8.32. The molecular weight excluding hydrogens is 435 g/mol. The van der Waals surface area contributed by atoms with Gasteiger partial charge in [-0.2, -0.15) is 0 Å². The van der Waals surface area contributed by atoms with Gasteiger partial charge in [-0.15, -0.1) is 0 Å². The highest BCUT2D eigenvalue weighted by Crippen LogP contribution is 2.28. The molecule has 0 unspecified atom stereocenters. The first-order valence-corrected chi connectivity index (χ1v) is 11.7. The molecule has 4 aromatic rings. The molecular formula is C25H29FN6O2. The number of nitrogens with one attached hydrogen (secondary N) is 3. The Bertz CT molecular complexity index is 1380. The summed E-state index contributed by atoms with van der Waals surface area (Å²) in [6.45, 7) is 5.48. The van der Waals surface area contributed by atoms with Gasteiger partial charge in [-0.05, 0) is 31.0 Å². The van der Waals surface area contributed by atoms with Crippen molar-refractivity contribution in [3.05, 3.63) is 52.8 Å². The summed E-state index contributed by atoms with van der Waals surface area (Å²) < 4.78 is 16.8. The predicted octanol–water partition coefficient (Wildman–Crippen LogP) is 5.19. The van der Waals surface area contributed by atoms with Gasteiger partial charge in [0.1, 0.15) is 17.2 Å². The zero-order valence-electron chi connectivity index (χ0n) is 19.4. The van der Waals surface area contributed by atoms with Crippen LogP contribution in [0.4, 0.5) is 14.9 Å². The van der Waals surface area contributed by atoms with Crippen molar-refractivity contribution in [3.63, 3.8) is 0 Å². The summed E-state index contributed by atoms with van der Waals surface area (Å²) in [7, 11) is 0. The lowest BCUT2D eigenvalue weighted by Gasteiger charge is -2.10. The van der Waals surface area contributed by atoms with Crippen LogP contribution in [0, 0.1) is 5.82 Å². The highest BCUT2D eigenvalue weighted by Gasteiger charge is 2.17. The molecule has 0 aliphatic heterocycles. The molecule has 0 atom stereocenters. The fraction of sp³-hybridized carbons (Fsp3) is 0.360. The molecule has 0 fully saturated rings. The van der Waals surface area contributed by atoms with E-state index in [1.807, 2.05) is 22.9 Å². The highest BCUT2D eigenvalue weighted by atomic mass is 19.1. The molecule has 178 valence electrons. The van der Waals surface area contributed by atoms with E-state index >= 15 is 0 Å². The Morgan fingerprint density at radius 1 is 1.18 bits per heavy atom. The van der Waals surface area contributed by atoms with Crippen LogP contribution in [0.3, 0.4) is 0 Å². The Morgan fingerprint density at radius 2 is 2.00 bits per heavy atom. The fourth-order valence-electron chi connectivity index (χ4n) is 3.94. The summed E-state index contributed by atoms with van der Waals surface area (Å²) in [6, 6.07) is 5.83. The molecule has 3 N–H and O–H groups in total. The van der Waals surface area contributed by atoms with Crippen LogP contribution < -0.4 is 16.2 Å². The normalized spacial score (nSPS) is 11.3. The number of pyridine rings is 1. The third-order valence-corrected chi connectivity index (χ3v) is 5.74. The van der Waals surface area contributed by atoms with E-state index in [-0.39, 0.29) is 11.4 Å². The molecule has 3 heterocycles. The summed E-state index contributed by atoms with van der Waals surface area (Å²) in [5, 5.41) is 6.02. The van der Waals surface area contributed by atoms with E-state index in [2.05, 4.69) is 39.4 Å². The van der Waals surface area contributed by atoms with E-state index in [9.17, 15) is 14.0 Å². The summed E-state index contributed by atoms with van der Waals surface area (Å²) in [5.74, 6) is -0.631. The van der Waals surface area contributed by atoms with Crippen LogP contribution in [0.15, 0.2) is 41.5 Å². The summed E-state index contributed by atoms with van der Waals surface area (Å²) in [5.41, 5.74) is 1.84. The molecule has 0 saturated carbocycles. The molecule has 0 aliphatic carbocycles. The zero-order chi connectivity index (χ0) is 24.1. The van der Waals surface area contributed by atoms with Crippen molar-refractivity contribution in [3.8, 4) is 11.3 Å². The lowest BCUT2D eigenvalue weighted by atomic mass is 10.1. The van der Waals surface area contributed by atoms with Gasteiger partial charge in [0.2, 0.25) is 0 Å². The van der Waals surface area contributed by atoms with Gasteiger partial charge < -0.3 is 20.2 Å². The topological polar surface area (TPSA) is 105 Å². The Kier molecular flexibility index (Phi) is 7.20. The number of nitrogens with zero attached hydrogens (tertiary/aromatic N) is 3. The van der Waals surface area contributed by atoms with Crippen LogP contribution in [0.25, 0.3) is 33.3 Å². The molecule has 4 rings (SSSR count). The number of aromatic amines is 1. The van der Waals surface area contributed by atoms with E-state index < -0.39 is 17.4 Å². The third kappa shape index (κ3) is 4.93. The van der Waals surface area contributed by atoms with Gasteiger partial charge in [-0.3, -0.25) is 4.79 Å². The molecule has 9 heteroatoms. The molecule has 1 aromatic carbocycles. The van der Waals surface area contributed by atoms with Crippen molar-refractivity contribution in [2.24, 2.45) is 0 Å². The SMILES string of the molecule is CCCCCNC(=O)Nc1cc2[nH]c(=O)c(-c3cn(CCCC)c4ncccc34)nc2cc1F. The monoisotopic (exact) mass is 464 g/mol. The van der Waals surface area contributed by atoms with Gasteiger partial charge in [0.25, 0.3) is 5.56 Å². The molecule has 0 spiro atoms. The molecule has 34 heavy (non-hydrogen) atoms. The van der Waals surface area contributed by atoms with Crippen LogP contribution in [-0.4, -0.2) is 32.1 Å². The first-order valence-electron chi connectivity index (χ1n) is 11.7. The smallest absolute Gasteiger partial charge is 0.319 e. The van der Waals surface area contributed by atoms with E-state index in [0.717, 1.165) is 49.7 Å². The average Bonchev–Trinajstić information content (AvgIpc) is 3.19. The van der Waals surface area contributed by atoms with Gasteiger partial charge >= 0.3 is 6.03 Å². The maximum Gasteiger partial charge on any atom is 0.319 e. The predicted molar refractivity (Wildman–Crippen MR) is 133 cm³/mol. The molecule has 8 nitrogen and oxygen atoms in total. The second kappa shape index (κ2) is 10.5. The van der Waals surface area contributed by atoms with Gasteiger partial charge in [0.05, 0.1) is 16.7 Å². The number of unbranched alkanes of at least 4 members (excludes halogenated alkanes) is 3. The third-order valence-electron chi connectivity index (χ3n) is 5.74. The number of anilines is 1. The Morgan fingerprint density at radius 3 is 2.79 bits per heavy atom. The average molecular weight is 465 g/mol. The highest BCUT2D eigenvalue weighted by molar-refractivity contribution is 5.95. The lowest BCUT2D eigenvalue weighted by molar-refractivity contribution is 0.252. The second-order valence-corrected chi connectivity index (χ2v) is 8.32. The molecule has 3 aromatic heterocycles. The number of hydrogen-bond acceptors (Lipinski definition) is 4. The zero-order valence-corrected chi connectivity index (χ0v) is 19.4. The minimum atomic E-state index is -0.631. The molecule has 0 bridgehead atoms. The Balaban J connectivity index is 1.67. The first-order chi connectivity index (χ1) is 16.5. The quantitative estimate of drug-likeness (QED) is 0.296. The number of aryl methyl sites for hydroxylation is 1. The van der Waals surface area contributed by atoms with Crippen LogP contribution in [0.1, 0.15) is 46.0 Å². The van der Waals surface area contributed by atoms with E-state index in [0.29, 0.717) is 23.1 Å². The lowest BCUT2D eigenvalue weighted by Crippen LogP contribution is -2.29. The fourth-order valence-corrected chi connectivity index (χ4v) is 3.94.